The third-order valence-corrected chi connectivity index (χ3v) is 6.77. The van der Waals surface area contributed by atoms with Crippen LogP contribution in [0.1, 0.15) is 24.1 Å². The molecule has 1 atom stereocenters. The average molecular weight is 562 g/mol. The van der Waals surface area contributed by atoms with Crippen molar-refractivity contribution in [2.24, 2.45) is 0 Å². The van der Waals surface area contributed by atoms with Crippen molar-refractivity contribution in [3.05, 3.63) is 94.4 Å². The molecule has 10 nitrogen and oxygen atoms in total. The molecule has 5 rings (SSSR count). The number of fused-ring (bicyclic) bond motifs is 1. The number of carbonyl (C=O) groups is 1. The standard InChI is InChI=1S/C29H28ClN5O5/c1-17-25(28(36)34-22-14-20(37-2)12-13-23(22)38-3)26(35-29(33-17)31-16-32-35)21-6-5-7-24(39-4)27(21)40-15-18-8-10-19(30)11-9-18/h5-14,16,26H,15H2,1-4H3,(H,34,36)(H,31,32,33)/t26-/m0/s1. The second-order valence-electron chi connectivity index (χ2n) is 8.91. The Bertz CT molecular complexity index is 1570. The van der Waals surface area contributed by atoms with Gasteiger partial charge in [-0.3, -0.25) is 4.79 Å². The number of anilines is 2. The number of halogens is 1. The molecule has 1 aromatic heterocycles. The lowest BCUT2D eigenvalue weighted by Crippen LogP contribution is -2.32. The van der Waals surface area contributed by atoms with Crippen LogP contribution in [0.25, 0.3) is 0 Å². The zero-order chi connectivity index (χ0) is 28.2. The number of para-hydroxylation sites is 1. The Balaban J connectivity index is 1.57. The fourth-order valence-electron chi connectivity index (χ4n) is 4.57. The zero-order valence-electron chi connectivity index (χ0n) is 22.4. The number of hydrogen-bond donors (Lipinski definition) is 2. The molecular weight excluding hydrogens is 534 g/mol. The predicted octanol–water partition coefficient (Wildman–Crippen LogP) is 5.46. The van der Waals surface area contributed by atoms with Gasteiger partial charge in [0, 0.05) is 22.3 Å². The Morgan fingerprint density at radius 3 is 2.52 bits per heavy atom. The van der Waals surface area contributed by atoms with Crippen LogP contribution in [0.4, 0.5) is 11.6 Å². The van der Waals surface area contributed by atoms with Crippen LogP contribution in [0.2, 0.25) is 5.02 Å². The van der Waals surface area contributed by atoms with Crippen molar-refractivity contribution < 1.29 is 23.7 Å². The topological polar surface area (TPSA) is 109 Å². The van der Waals surface area contributed by atoms with Gasteiger partial charge in [0.05, 0.1) is 32.6 Å². The molecule has 206 valence electrons. The van der Waals surface area contributed by atoms with E-state index in [2.05, 4.69) is 20.7 Å². The Morgan fingerprint density at radius 2 is 1.80 bits per heavy atom. The number of benzene rings is 3. The first-order valence-corrected chi connectivity index (χ1v) is 12.8. The molecule has 0 radical (unpaired) electrons. The van der Waals surface area contributed by atoms with Gasteiger partial charge in [-0.2, -0.15) is 10.1 Å². The molecule has 2 N–H and O–H groups in total. The maximum Gasteiger partial charge on any atom is 0.255 e. The summed E-state index contributed by atoms with van der Waals surface area (Å²) in [6.45, 7) is 2.07. The molecule has 0 saturated heterocycles. The quantitative estimate of drug-likeness (QED) is 0.277. The molecule has 2 heterocycles. The lowest BCUT2D eigenvalue weighted by molar-refractivity contribution is -0.113. The molecule has 4 aromatic rings. The van der Waals surface area contributed by atoms with Crippen molar-refractivity contribution in [3.8, 4) is 23.0 Å². The van der Waals surface area contributed by atoms with Gasteiger partial charge in [0.2, 0.25) is 5.95 Å². The number of methoxy groups -OCH3 is 3. The van der Waals surface area contributed by atoms with Gasteiger partial charge in [0.1, 0.15) is 30.5 Å². The SMILES string of the molecule is COc1ccc(OC)c(NC(=O)C2=C(C)Nc3ncnn3[C@H]2c2cccc(OC)c2OCc2ccc(Cl)cc2)c1. The summed E-state index contributed by atoms with van der Waals surface area (Å²) in [4.78, 5) is 18.3. The predicted molar refractivity (Wildman–Crippen MR) is 151 cm³/mol. The van der Waals surface area contributed by atoms with Crippen LogP contribution in [0.3, 0.4) is 0 Å². The summed E-state index contributed by atoms with van der Waals surface area (Å²) in [7, 11) is 4.66. The lowest BCUT2D eigenvalue weighted by atomic mass is 9.93. The number of rotatable bonds is 9. The van der Waals surface area contributed by atoms with Gasteiger partial charge in [-0.25, -0.2) is 4.68 Å². The van der Waals surface area contributed by atoms with E-state index < -0.39 is 6.04 Å². The number of nitrogens with one attached hydrogen (secondary N) is 2. The van der Waals surface area contributed by atoms with Gasteiger partial charge in [-0.05, 0) is 42.8 Å². The van der Waals surface area contributed by atoms with E-state index >= 15 is 0 Å². The molecular formula is C29H28ClN5O5. The molecule has 1 aliphatic rings. The highest BCUT2D eigenvalue weighted by molar-refractivity contribution is 6.30. The van der Waals surface area contributed by atoms with Gasteiger partial charge >= 0.3 is 0 Å². The van der Waals surface area contributed by atoms with E-state index in [1.807, 2.05) is 31.2 Å². The second-order valence-corrected chi connectivity index (χ2v) is 9.34. The first kappa shape index (κ1) is 26.9. The summed E-state index contributed by atoms with van der Waals surface area (Å²) in [5.41, 5.74) is 3.07. The Hall–Kier alpha value is -4.70. The molecule has 40 heavy (non-hydrogen) atoms. The Labute approximate surface area is 236 Å². The van der Waals surface area contributed by atoms with Crippen LogP contribution in [0.5, 0.6) is 23.0 Å². The molecule has 0 aliphatic carbocycles. The van der Waals surface area contributed by atoms with Gasteiger partial charge in [0.25, 0.3) is 5.91 Å². The largest absolute Gasteiger partial charge is 0.497 e. The fourth-order valence-corrected chi connectivity index (χ4v) is 4.70. The van der Waals surface area contributed by atoms with Crippen LogP contribution in [-0.4, -0.2) is 42.0 Å². The van der Waals surface area contributed by atoms with Crippen LogP contribution in [0.15, 0.2) is 78.3 Å². The minimum atomic E-state index is -0.689. The van der Waals surface area contributed by atoms with E-state index in [0.29, 0.717) is 56.5 Å². The minimum Gasteiger partial charge on any atom is -0.497 e. The van der Waals surface area contributed by atoms with Crippen molar-refractivity contribution in [1.29, 1.82) is 0 Å². The van der Waals surface area contributed by atoms with Crippen molar-refractivity contribution in [1.82, 2.24) is 14.8 Å². The monoisotopic (exact) mass is 561 g/mol. The number of allylic oxidation sites excluding steroid dienone is 1. The number of amides is 1. The van der Waals surface area contributed by atoms with Crippen molar-refractivity contribution in [3.63, 3.8) is 0 Å². The minimum absolute atomic E-state index is 0.255. The van der Waals surface area contributed by atoms with E-state index in [1.165, 1.54) is 13.4 Å². The molecule has 1 amide bonds. The molecule has 3 aromatic carbocycles. The summed E-state index contributed by atoms with van der Waals surface area (Å²) >= 11 is 6.05. The van der Waals surface area contributed by atoms with E-state index in [-0.39, 0.29) is 12.5 Å². The summed E-state index contributed by atoms with van der Waals surface area (Å²) < 4.78 is 24.5. The first-order valence-electron chi connectivity index (χ1n) is 12.4. The van der Waals surface area contributed by atoms with E-state index in [9.17, 15) is 4.79 Å². The molecule has 0 unspecified atom stereocenters. The van der Waals surface area contributed by atoms with Crippen molar-refractivity contribution in [2.75, 3.05) is 32.0 Å². The highest BCUT2D eigenvalue weighted by Crippen LogP contribution is 2.43. The number of carbonyl (C=O) groups excluding carboxylic acids is 1. The van der Waals surface area contributed by atoms with Crippen LogP contribution >= 0.6 is 11.6 Å². The average Bonchev–Trinajstić information content (AvgIpc) is 3.44. The molecule has 1 aliphatic heterocycles. The normalized spacial score (nSPS) is 14.2. The van der Waals surface area contributed by atoms with E-state index in [1.54, 1.807) is 55.3 Å². The van der Waals surface area contributed by atoms with Gasteiger partial charge in [0.15, 0.2) is 11.5 Å². The van der Waals surface area contributed by atoms with Gasteiger partial charge < -0.3 is 29.6 Å². The number of nitrogens with zero attached hydrogens (tertiary/aromatic N) is 3. The smallest absolute Gasteiger partial charge is 0.255 e. The third kappa shape index (κ3) is 5.26. The molecule has 0 fully saturated rings. The van der Waals surface area contributed by atoms with E-state index in [0.717, 1.165) is 5.56 Å². The van der Waals surface area contributed by atoms with Gasteiger partial charge in [-0.1, -0.05) is 35.9 Å². The maximum atomic E-state index is 14.0. The summed E-state index contributed by atoms with van der Waals surface area (Å²) in [6.07, 6.45) is 1.43. The summed E-state index contributed by atoms with van der Waals surface area (Å²) in [5, 5.41) is 11.3. The molecule has 0 saturated carbocycles. The van der Waals surface area contributed by atoms with Crippen molar-refractivity contribution >= 4 is 29.1 Å². The zero-order valence-corrected chi connectivity index (χ0v) is 23.2. The van der Waals surface area contributed by atoms with Crippen LogP contribution < -0.4 is 29.6 Å². The highest BCUT2D eigenvalue weighted by atomic mass is 35.5. The van der Waals surface area contributed by atoms with E-state index in [4.69, 9.17) is 30.5 Å². The summed E-state index contributed by atoms with van der Waals surface area (Å²) in [6, 6.07) is 17.4. The van der Waals surface area contributed by atoms with Crippen LogP contribution in [-0.2, 0) is 11.4 Å². The third-order valence-electron chi connectivity index (χ3n) is 6.51. The number of aromatic nitrogens is 3. The Kier molecular flexibility index (Phi) is 7.79. The van der Waals surface area contributed by atoms with Crippen LogP contribution in [0, 0.1) is 0 Å². The fraction of sp³-hybridized carbons (Fsp3) is 0.207. The molecule has 0 spiro atoms. The molecule has 0 bridgehead atoms. The van der Waals surface area contributed by atoms with Crippen molar-refractivity contribution in [2.45, 2.75) is 19.6 Å². The second kappa shape index (κ2) is 11.6. The van der Waals surface area contributed by atoms with Gasteiger partial charge in [-0.15, -0.1) is 0 Å². The number of ether oxygens (including phenoxy) is 4. The summed E-state index contributed by atoms with van der Waals surface area (Å²) in [5.74, 6) is 2.18. The highest BCUT2D eigenvalue weighted by Gasteiger charge is 2.36. The first-order chi connectivity index (χ1) is 19.4. The number of hydrogen-bond acceptors (Lipinski definition) is 8. The Morgan fingerprint density at radius 1 is 1.02 bits per heavy atom. The lowest BCUT2D eigenvalue weighted by Gasteiger charge is -2.30. The maximum absolute atomic E-state index is 14.0. The molecule has 11 heteroatoms.